The van der Waals surface area contributed by atoms with E-state index < -0.39 is 30.2 Å². The molecule has 1 N–H and O–H groups in total. The third-order valence-electron chi connectivity index (χ3n) is 3.83. The minimum atomic E-state index is -4.96. The largest absolute Gasteiger partial charge is 0.573 e. The van der Waals surface area contributed by atoms with E-state index in [1.807, 2.05) is 0 Å². The molecule has 3 rings (SSSR count). The first kappa shape index (κ1) is 21.9. The van der Waals surface area contributed by atoms with Crippen molar-refractivity contribution in [2.45, 2.75) is 12.7 Å². The van der Waals surface area contributed by atoms with Crippen LogP contribution in [0.5, 0.6) is 11.5 Å². The van der Waals surface area contributed by atoms with E-state index in [1.165, 1.54) is 30.3 Å². The highest BCUT2D eigenvalue weighted by Gasteiger charge is 2.32. The number of halogens is 6. The van der Waals surface area contributed by atoms with E-state index in [9.17, 15) is 36.2 Å². The Labute approximate surface area is 170 Å². The monoisotopic (exact) mass is 443 g/mol. The highest BCUT2D eigenvalue weighted by atomic mass is 19.4. The molecule has 0 aliphatic carbocycles. The zero-order chi connectivity index (χ0) is 22.8. The Morgan fingerprint density at radius 3 is 1.81 bits per heavy atom. The summed E-state index contributed by atoms with van der Waals surface area (Å²) in [5.74, 6) is -2.50. The number of hydrogen-bond donors (Lipinski definition) is 1. The molecule has 162 valence electrons. The minimum Gasteiger partial charge on any atom is -0.478 e. The number of benzene rings is 2. The molecule has 0 amide bonds. The second kappa shape index (κ2) is 8.17. The van der Waals surface area contributed by atoms with Gasteiger partial charge in [0.05, 0.1) is 17.0 Å². The Balaban J connectivity index is 2.07. The maximum absolute atomic E-state index is 12.5. The molecule has 0 unspecified atom stereocenters. The molecule has 3 aromatic rings. The van der Waals surface area contributed by atoms with Gasteiger partial charge in [0.1, 0.15) is 11.5 Å². The SMILES string of the molecule is O=C(O)c1ccc(-c2cccc(OC(F)(F)F)c2)nc1-c1cccc(OC(F)(F)F)c1. The first-order chi connectivity index (χ1) is 14.4. The molecule has 1 aromatic heterocycles. The lowest BCUT2D eigenvalue weighted by molar-refractivity contribution is -0.275. The Bertz CT molecular complexity index is 1110. The molecule has 0 spiro atoms. The molecule has 0 atom stereocenters. The average molecular weight is 443 g/mol. The maximum Gasteiger partial charge on any atom is 0.573 e. The summed E-state index contributed by atoms with van der Waals surface area (Å²) in [4.78, 5) is 15.7. The molecule has 2 aromatic carbocycles. The number of rotatable bonds is 5. The van der Waals surface area contributed by atoms with Gasteiger partial charge in [-0.2, -0.15) is 0 Å². The van der Waals surface area contributed by atoms with Crippen LogP contribution in [0.1, 0.15) is 10.4 Å². The van der Waals surface area contributed by atoms with Crippen molar-refractivity contribution in [3.63, 3.8) is 0 Å². The van der Waals surface area contributed by atoms with E-state index in [2.05, 4.69) is 14.5 Å². The van der Waals surface area contributed by atoms with Crippen LogP contribution in [0.15, 0.2) is 60.7 Å². The molecule has 0 aliphatic heterocycles. The summed E-state index contributed by atoms with van der Waals surface area (Å²) in [6, 6.07) is 11.7. The number of ether oxygens (including phenoxy) is 2. The fourth-order valence-electron chi connectivity index (χ4n) is 2.71. The highest BCUT2D eigenvalue weighted by molar-refractivity contribution is 5.95. The van der Waals surface area contributed by atoms with Gasteiger partial charge in [0.15, 0.2) is 0 Å². The zero-order valence-corrected chi connectivity index (χ0v) is 15.2. The number of nitrogens with zero attached hydrogens (tertiary/aromatic N) is 1. The van der Waals surface area contributed by atoms with Crippen molar-refractivity contribution in [3.8, 4) is 34.0 Å². The van der Waals surface area contributed by atoms with E-state index in [0.717, 1.165) is 30.3 Å². The summed E-state index contributed by atoms with van der Waals surface area (Å²) >= 11 is 0. The smallest absolute Gasteiger partial charge is 0.478 e. The van der Waals surface area contributed by atoms with Crippen LogP contribution in [0.2, 0.25) is 0 Å². The molecular formula is C20H11F6NO4. The molecule has 31 heavy (non-hydrogen) atoms. The van der Waals surface area contributed by atoms with Gasteiger partial charge in [-0.3, -0.25) is 0 Å². The molecule has 1 heterocycles. The van der Waals surface area contributed by atoms with Gasteiger partial charge >= 0.3 is 18.7 Å². The quantitative estimate of drug-likeness (QED) is 0.497. The van der Waals surface area contributed by atoms with Crippen LogP contribution >= 0.6 is 0 Å². The fraction of sp³-hybridized carbons (Fsp3) is 0.100. The van der Waals surface area contributed by atoms with E-state index in [0.29, 0.717) is 0 Å². The molecule has 5 nitrogen and oxygen atoms in total. The summed E-state index contributed by atoms with van der Waals surface area (Å²) in [6.45, 7) is 0. The van der Waals surface area contributed by atoms with E-state index in [1.54, 1.807) is 0 Å². The number of aromatic nitrogens is 1. The lowest BCUT2D eigenvalue weighted by atomic mass is 10.0. The summed E-state index contributed by atoms with van der Waals surface area (Å²) in [5.41, 5.74) is -0.267. The summed E-state index contributed by atoms with van der Waals surface area (Å²) in [6.07, 6.45) is -9.87. The van der Waals surface area contributed by atoms with Crippen LogP contribution in [0.3, 0.4) is 0 Å². The summed E-state index contributed by atoms with van der Waals surface area (Å²) < 4.78 is 82.6. The minimum absolute atomic E-state index is 0.00342. The molecule has 0 saturated carbocycles. The predicted molar refractivity (Wildman–Crippen MR) is 95.4 cm³/mol. The van der Waals surface area contributed by atoms with Gasteiger partial charge in [0.25, 0.3) is 0 Å². The van der Waals surface area contributed by atoms with E-state index >= 15 is 0 Å². The third kappa shape index (κ3) is 5.87. The van der Waals surface area contributed by atoms with E-state index in [-0.39, 0.29) is 28.1 Å². The van der Waals surface area contributed by atoms with Gasteiger partial charge in [0.2, 0.25) is 0 Å². The van der Waals surface area contributed by atoms with Gasteiger partial charge in [0, 0.05) is 11.1 Å². The normalized spacial score (nSPS) is 11.8. The van der Waals surface area contributed by atoms with Crippen molar-refractivity contribution >= 4 is 5.97 Å². The molecule has 11 heteroatoms. The molecule has 0 bridgehead atoms. The van der Waals surface area contributed by atoms with Crippen LogP contribution < -0.4 is 9.47 Å². The Hall–Kier alpha value is -3.76. The van der Waals surface area contributed by atoms with E-state index in [4.69, 9.17) is 0 Å². The van der Waals surface area contributed by atoms with Crippen molar-refractivity contribution in [3.05, 3.63) is 66.2 Å². The number of aromatic carboxylic acids is 1. The molecular weight excluding hydrogens is 432 g/mol. The standard InChI is InChI=1S/C20H11F6NO4/c21-19(22,23)30-13-5-1-3-11(9-13)16-8-7-15(18(28)29)17(27-16)12-4-2-6-14(10-12)31-20(24,25)26/h1-10H,(H,28,29). The van der Waals surface area contributed by atoms with Crippen molar-refractivity contribution < 1.29 is 45.7 Å². The number of carboxylic acids is 1. The van der Waals surface area contributed by atoms with Crippen molar-refractivity contribution in [2.24, 2.45) is 0 Å². The summed E-state index contributed by atoms with van der Waals surface area (Å²) in [5, 5.41) is 9.42. The Morgan fingerprint density at radius 1 is 0.774 bits per heavy atom. The molecule has 0 radical (unpaired) electrons. The number of alkyl halides is 6. The topological polar surface area (TPSA) is 68.7 Å². The lowest BCUT2D eigenvalue weighted by Crippen LogP contribution is -2.17. The Morgan fingerprint density at radius 2 is 1.29 bits per heavy atom. The molecule has 0 saturated heterocycles. The number of hydrogen-bond acceptors (Lipinski definition) is 4. The molecule has 0 fully saturated rings. The number of carboxylic acid groups (broad SMARTS) is 1. The first-order valence-corrected chi connectivity index (χ1v) is 8.38. The van der Waals surface area contributed by atoms with Crippen LogP contribution in [0.25, 0.3) is 22.5 Å². The lowest BCUT2D eigenvalue weighted by Gasteiger charge is -2.13. The third-order valence-corrected chi connectivity index (χ3v) is 3.83. The number of carbonyl (C=O) groups is 1. The molecule has 0 aliphatic rings. The van der Waals surface area contributed by atoms with Gasteiger partial charge in [-0.1, -0.05) is 24.3 Å². The second-order valence-electron chi connectivity index (χ2n) is 6.05. The van der Waals surface area contributed by atoms with Crippen molar-refractivity contribution in [1.29, 1.82) is 0 Å². The van der Waals surface area contributed by atoms with Crippen LogP contribution in [-0.2, 0) is 0 Å². The van der Waals surface area contributed by atoms with Gasteiger partial charge in [-0.05, 0) is 36.4 Å². The maximum atomic E-state index is 12.5. The van der Waals surface area contributed by atoms with Crippen LogP contribution in [0.4, 0.5) is 26.3 Å². The predicted octanol–water partition coefficient (Wildman–Crippen LogP) is 5.91. The van der Waals surface area contributed by atoms with Gasteiger partial charge in [-0.15, -0.1) is 26.3 Å². The van der Waals surface area contributed by atoms with Crippen LogP contribution in [-0.4, -0.2) is 28.8 Å². The van der Waals surface area contributed by atoms with Gasteiger partial charge < -0.3 is 14.6 Å². The number of pyridine rings is 1. The Kier molecular flexibility index (Phi) is 5.78. The van der Waals surface area contributed by atoms with Gasteiger partial charge in [-0.25, -0.2) is 9.78 Å². The fourth-order valence-corrected chi connectivity index (χ4v) is 2.71. The van der Waals surface area contributed by atoms with Crippen molar-refractivity contribution in [1.82, 2.24) is 4.98 Å². The summed E-state index contributed by atoms with van der Waals surface area (Å²) in [7, 11) is 0. The van der Waals surface area contributed by atoms with Crippen LogP contribution in [0, 0.1) is 0 Å². The van der Waals surface area contributed by atoms with Crippen molar-refractivity contribution in [2.75, 3.05) is 0 Å². The highest BCUT2D eigenvalue weighted by Crippen LogP contribution is 2.32. The second-order valence-corrected chi connectivity index (χ2v) is 6.05. The zero-order valence-electron chi connectivity index (χ0n) is 15.2. The first-order valence-electron chi connectivity index (χ1n) is 8.38. The average Bonchev–Trinajstić information content (AvgIpc) is 2.65.